The van der Waals surface area contributed by atoms with Crippen molar-refractivity contribution >= 4 is 6.16 Å². The van der Waals surface area contributed by atoms with Crippen LogP contribution in [-0.2, 0) is 9.47 Å². The summed E-state index contributed by atoms with van der Waals surface area (Å²) >= 11 is 0. The van der Waals surface area contributed by atoms with Gasteiger partial charge in [-0.05, 0) is 25.7 Å². The maximum Gasteiger partial charge on any atom is 0.511 e. The molecule has 0 bridgehead atoms. The van der Waals surface area contributed by atoms with Gasteiger partial charge in [0.25, 0.3) is 0 Å². The second-order valence-electron chi connectivity index (χ2n) is 6.40. The molecule has 0 aliphatic carbocycles. The van der Waals surface area contributed by atoms with E-state index >= 15 is 0 Å². The van der Waals surface area contributed by atoms with Crippen molar-refractivity contribution in [1.82, 2.24) is 0 Å². The van der Waals surface area contributed by atoms with Crippen LogP contribution in [-0.4, -0.2) is 17.4 Å². The van der Waals surface area contributed by atoms with E-state index in [9.17, 15) is 4.79 Å². The molecule has 0 amide bonds. The van der Waals surface area contributed by atoms with Crippen LogP contribution in [0.3, 0.4) is 0 Å². The van der Waals surface area contributed by atoms with Gasteiger partial charge < -0.3 is 9.47 Å². The van der Waals surface area contributed by atoms with E-state index < -0.39 is 17.4 Å². The van der Waals surface area contributed by atoms with E-state index in [1.807, 2.05) is 27.7 Å². The number of rotatable bonds is 6. The summed E-state index contributed by atoms with van der Waals surface area (Å²) in [5, 5.41) is 0. The van der Waals surface area contributed by atoms with Crippen LogP contribution in [0.1, 0.15) is 54.4 Å². The normalized spacial score (nSPS) is 16.7. The summed E-state index contributed by atoms with van der Waals surface area (Å²) in [6.45, 7) is 11.4. The van der Waals surface area contributed by atoms with E-state index in [0.29, 0.717) is 24.7 Å². The highest BCUT2D eigenvalue weighted by Gasteiger charge is 2.33. The van der Waals surface area contributed by atoms with Gasteiger partial charge in [0, 0.05) is 12.8 Å². The van der Waals surface area contributed by atoms with Gasteiger partial charge in [0.05, 0.1) is 0 Å². The second-order valence-corrected chi connectivity index (χ2v) is 6.40. The Hall–Kier alpha value is -1.61. The molecule has 0 radical (unpaired) electrons. The molecule has 0 aromatic carbocycles. The fourth-order valence-corrected chi connectivity index (χ4v) is 2.21. The summed E-state index contributed by atoms with van der Waals surface area (Å²) in [6.07, 6.45) is 11.2. The van der Waals surface area contributed by atoms with Gasteiger partial charge in [-0.25, -0.2) is 4.79 Å². The highest BCUT2D eigenvalue weighted by Crippen LogP contribution is 2.25. The molecule has 3 heteroatoms. The lowest BCUT2D eigenvalue weighted by Crippen LogP contribution is -2.37. The number of carbonyl (C=O) groups is 1. The molecule has 2 atom stereocenters. The average Bonchev–Trinajstić information content (AvgIpc) is 2.26. The van der Waals surface area contributed by atoms with Crippen LogP contribution < -0.4 is 0 Å². The lowest BCUT2D eigenvalue weighted by Gasteiger charge is -2.29. The Kier molecular flexibility index (Phi) is 6.66. The summed E-state index contributed by atoms with van der Waals surface area (Å²) in [5.41, 5.74) is -1.95. The summed E-state index contributed by atoms with van der Waals surface area (Å²) in [5.74, 6) is 5.63. The maximum absolute atomic E-state index is 11.9. The molecular weight excluding hydrogens is 252 g/mol. The first-order chi connectivity index (χ1) is 9.06. The van der Waals surface area contributed by atoms with Crippen LogP contribution in [0.15, 0.2) is 0 Å². The molecule has 2 unspecified atom stereocenters. The first-order valence-electron chi connectivity index (χ1n) is 6.93. The van der Waals surface area contributed by atoms with E-state index in [0.717, 1.165) is 0 Å². The summed E-state index contributed by atoms with van der Waals surface area (Å²) < 4.78 is 10.6. The molecule has 0 heterocycles. The molecule has 0 aliphatic heterocycles. The van der Waals surface area contributed by atoms with Gasteiger partial charge in [0.15, 0.2) is 11.2 Å². The van der Waals surface area contributed by atoms with Gasteiger partial charge in [-0.2, -0.15) is 0 Å². The Labute approximate surface area is 123 Å². The lowest BCUT2D eigenvalue weighted by atomic mass is 9.94. The van der Waals surface area contributed by atoms with Crippen LogP contribution in [0.4, 0.5) is 4.79 Å². The molecule has 0 aromatic heterocycles. The third-order valence-electron chi connectivity index (χ3n) is 2.82. The minimum atomic E-state index is -0.974. The van der Waals surface area contributed by atoms with Crippen molar-refractivity contribution in [3.8, 4) is 24.7 Å². The highest BCUT2D eigenvalue weighted by molar-refractivity contribution is 5.62. The van der Waals surface area contributed by atoms with Gasteiger partial charge in [0.1, 0.15) is 0 Å². The average molecular weight is 278 g/mol. The standard InChI is InChI=1S/C17H26O3/c1-9-16(7,11-13(3)4)19-15(18)20-17(8,10-2)12-14(5)6/h1-2,13-14H,11-12H2,3-8H3. The van der Waals surface area contributed by atoms with Crippen molar-refractivity contribution in [2.45, 2.75) is 65.6 Å². The second kappa shape index (κ2) is 7.25. The fraction of sp³-hybridized carbons (Fsp3) is 0.706. The van der Waals surface area contributed by atoms with E-state index in [4.69, 9.17) is 22.3 Å². The van der Waals surface area contributed by atoms with Crippen LogP contribution >= 0.6 is 0 Å². The Bertz CT molecular complexity index is 373. The largest absolute Gasteiger partial charge is 0.511 e. The number of hydrogen-bond acceptors (Lipinski definition) is 3. The predicted octanol–water partition coefficient (Wildman–Crippen LogP) is 4.02. The number of terminal acetylenes is 2. The van der Waals surface area contributed by atoms with Crippen molar-refractivity contribution in [2.24, 2.45) is 11.8 Å². The number of hydrogen-bond donors (Lipinski definition) is 0. The molecule has 0 saturated carbocycles. The van der Waals surface area contributed by atoms with Crippen molar-refractivity contribution in [1.29, 1.82) is 0 Å². The Morgan fingerprint density at radius 1 is 0.950 bits per heavy atom. The Balaban J connectivity index is 4.77. The third-order valence-corrected chi connectivity index (χ3v) is 2.82. The van der Waals surface area contributed by atoms with Gasteiger partial charge >= 0.3 is 6.16 Å². The summed E-state index contributed by atoms with van der Waals surface area (Å²) in [4.78, 5) is 11.9. The van der Waals surface area contributed by atoms with Gasteiger partial charge in [-0.15, -0.1) is 12.8 Å². The van der Waals surface area contributed by atoms with Crippen molar-refractivity contribution in [2.75, 3.05) is 0 Å². The number of ether oxygens (including phenoxy) is 2. The van der Waals surface area contributed by atoms with Gasteiger partial charge in [-0.1, -0.05) is 39.5 Å². The summed E-state index contributed by atoms with van der Waals surface area (Å²) in [7, 11) is 0. The SMILES string of the molecule is C#CC(C)(CC(C)C)OC(=O)OC(C)(C#C)CC(C)C. The quantitative estimate of drug-likeness (QED) is 0.544. The van der Waals surface area contributed by atoms with Crippen LogP contribution in [0.25, 0.3) is 0 Å². The van der Waals surface area contributed by atoms with Crippen molar-refractivity contribution in [3.63, 3.8) is 0 Å². The Morgan fingerprint density at radius 2 is 1.25 bits per heavy atom. The lowest BCUT2D eigenvalue weighted by molar-refractivity contribution is -0.0442. The molecule has 0 fully saturated rings. The van der Waals surface area contributed by atoms with E-state index in [1.54, 1.807) is 13.8 Å². The molecule has 0 aromatic rings. The molecule has 0 aliphatic rings. The van der Waals surface area contributed by atoms with Crippen molar-refractivity contribution in [3.05, 3.63) is 0 Å². The first-order valence-corrected chi connectivity index (χ1v) is 6.93. The van der Waals surface area contributed by atoms with Crippen LogP contribution in [0.2, 0.25) is 0 Å². The van der Waals surface area contributed by atoms with E-state index in [-0.39, 0.29) is 0 Å². The van der Waals surface area contributed by atoms with E-state index in [1.165, 1.54) is 0 Å². The number of carbonyl (C=O) groups excluding carboxylic acids is 1. The predicted molar refractivity (Wildman–Crippen MR) is 81.0 cm³/mol. The molecule has 112 valence electrons. The third kappa shape index (κ3) is 6.53. The molecule has 0 spiro atoms. The zero-order valence-corrected chi connectivity index (χ0v) is 13.4. The minimum absolute atomic E-state index is 0.304. The minimum Gasteiger partial charge on any atom is -0.415 e. The molecule has 0 rings (SSSR count). The van der Waals surface area contributed by atoms with Gasteiger partial charge in [0.2, 0.25) is 0 Å². The van der Waals surface area contributed by atoms with Crippen molar-refractivity contribution < 1.29 is 14.3 Å². The highest BCUT2D eigenvalue weighted by atomic mass is 16.7. The molecule has 3 nitrogen and oxygen atoms in total. The molecule has 20 heavy (non-hydrogen) atoms. The zero-order valence-electron chi connectivity index (χ0n) is 13.4. The van der Waals surface area contributed by atoms with Crippen LogP contribution in [0.5, 0.6) is 0 Å². The fourth-order valence-electron chi connectivity index (χ4n) is 2.21. The molecule has 0 N–H and O–H groups in total. The molecular formula is C17H26O3. The van der Waals surface area contributed by atoms with E-state index in [2.05, 4.69) is 11.8 Å². The summed E-state index contributed by atoms with van der Waals surface area (Å²) in [6, 6.07) is 0. The molecule has 0 saturated heterocycles. The maximum atomic E-state index is 11.9. The van der Waals surface area contributed by atoms with Crippen LogP contribution in [0, 0.1) is 36.5 Å². The van der Waals surface area contributed by atoms with Gasteiger partial charge in [-0.3, -0.25) is 0 Å². The zero-order chi connectivity index (χ0) is 16.0. The Morgan fingerprint density at radius 3 is 1.45 bits per heavy atom. The monoisotopic (exact) mass is 278 g/mol. The first kappa shape index (κ1) is 18.4. The topological polar surface area (TPSA) is 35.5 Å². The smallest absolute Gasteiger partial charge is 0.415 e.